The van der Waals surface area contributed by atoms with Gasteiger partial charge in [-0.25, -0.2) is 9.18 Å². The van der Waals surface area contributed by atoms with Crippen LogP contribution in [-0.4, -0.2) is 24.0 Å². The molecule has 0 saturated heterocycles. The van der Waals surface area contributed by atoms with Gasteiger partial charge in [-0.05, 0) is 12.1 Å². The molecule has 0 fully saturated rings. The van der Waals surface area contributed by atoms with E-state index < -0.39 is 11.6 Å². The number of nitrogens with two attached hydrogens (primary N) is 1. The highest BCUT2D eigenvalue weighted by Crippen LogP contribution is 2.28. The minimum atomic E-state index is -1.27. The van der Waals surface area contributed by atoms with E-state index in [1.165, 1.54) is 24.1 Å². The summed E-state index contributed by atoms with van der Waals surface area (Å²) in [6, 6.07) is 5.75. The first-order valence-electron chi connectivity index (χ1n) is 5.66. The van der Waals surface area contributed by atoms with Gasteiger partial charge in [0.05, 0.1) is 24.2 Å². The van der Waals surface area contributed by atoms with E-state index in [1.807, 2.05) is 0 Å². The van der Waals surface area contributed by atoms with Gasteiger partial charge in [-0.15, -0.1) is 12.4 Å². The van der Waals surface area contributed by atoms with Crippen molar-refractivity contribution in [2.75, 3.05) is 6.54 Å². The van der Waals surface area contributed by atoms with E-state index in [1.54, 1.807) is 6.07 Å². The van der Waals surface area contributed by atoms with Gasteiger partial charge >= 0.3 is 0 Å². The number of benzene rings is 1. The molecule has 0 saturated carbocycles. The lowest BCUT2D eigenvalue weighted by Gasteiger charge is -2.22. The Kier molecular flexibility index (Phi) is 5.44. The molecule has 0 spiro atoms. The maximum absolute atomic E-state index is 13.3. The SMILES string of the molecule is Cl.N#Cc1cc(C2=NOC(CN)(OC=C=O)C2)ccc1F. The van der Waals surface area contributed by atoms with Crippen LogP contribution >= 0.6 is 12.4 Å². The molecule has 0 aromatic heterocycles. The Hall–Kier alpha value is -2.39. The highest BCUT2D eigenvalue weighted by Gasteiger charge is 2.40. The lowest BCUT2D eigenvalue weighted by Crippen LogP contribution is -2.39. The molecule has 8 heteroatoms. The maximum Gasteiger partial charge on any atom is 0.293 e. The van der Waals surface area contributed by atoms with Crippen LogP contribution in [-0.2, 0) is 14.4 Å². The van der Waals surface area contributed by atoms with Gasteiger partial charge in [-0.3, -0.25) is 0 Å². The molecule has 21 heavy (non-hydrogen) atoms. The van der Waals surface area contributed by atoms with Crippen LogP contribution in [0.5, 0.6) is 0 Å². The van der Waals surface area contributed by atoms with Crippen LogP contribution < -0.4 is 5.73 Å². The molecule has 1 heterocycles. The zero-order valence-electron chi connectivity index (χ0n) is 10.7. The zero-order valence-corrected chi connectivity index (χ0v) is 11.5. The van der Waals surface area contributed by atoms with Gasteiger partial charge in [-0.2, -0.15) is 5.26 Å². The fourth-order valence-electron chi connectivity index (χ4n) is 1.76. The molecule has 1 aromatic rings. The smallest absolute Gasteiger partial charge is 0.293 e. The van der Waals surface area contributed by atoms with E-state index in [2.05, 4.69) is 5.16 Å². The van der Waals surface area contributed by atoms with E-state index in [0.29, 0.717) is 11.3 Å². The molecule has 6 nitrogen and oxygen atoms in total. The Balaban J connectivity index is 0.00000220. The highest BCUT2D eigenvalue weighted by molar-refractivity contribution is 6.01. The van der Waals surface area contributed by atoms with Crippen molar-refractivity contribution >= 4 is 24.1 Å². The average molecular weight is 312 g/mol. The third kappa shape index (κ3) is 3.38. The number of halogens is 2. The Bertz CT molecular complexity index is 653. The standard InChI is InChI=1S/C13H10FN3O3.ClH/c14-11-2-1-9(5-10(11)7-15)12-6-13(8-16,20-17-12)19-4-3-18;/h1-2,4-5H,6,8,16H2;1H. The number of rotatable bonds is 4. The number of nitrogens with zero attached hydrogens (tertiary/aromatic N) is 2. The molecule has 2 rings (SSSR count). The molecular weight excluding hydrogens is 301 g/mol. The molecule has 110 valence electrons. The molecule has 0 radical (unpaired) electrons. The third-order valence-electron chi connectivity index (χ3n) is 2.81. The van der Waals surface area contributed by atoms with Gasteiger partial charge in [0.25, 0.3) is 5.79 Å². The van der Waals surface area contributed by atoms with Crippen molar-refractivity contribution in [3.05, 3.63) is 41.4 Å². The van der Waals surface area contributed by atoms with Crippen LogP contribution in [0.1, 0.15) is 17.5 Å². The Labute approximate surface area is 126 Å². The van der Waals surface area contributed by atoms with Crippen molar-refractivity contribution in [1.29, 1.82) is 5.26 Å². The normalized spacial score (nSPS) is 19.4. The van der Waals surface area contributed by atoms with E-state index in [0.717, 1.165) is 6.26 Å². The van der Waals surface area contributed by atoms with Crippen LogP contribution in [0.4, 0.5) is 4.39 Å². The van der Waals surface area contributed by atoms with Crippen molar-refractivity contribution in [2.45, 2.75) is 12.2 Å². The predicted molar refractivity (Wildman–Crippen MR) is 73.7 cm³/mol. The molecular formula is C13H11ClFN3O3. The molecule has 1 aliphatic rings. The predicted octanol–water partition coefficient (Wildman–Crippen LogP) is 1.26. The van der Waals surface area contributed by atoms with E-state index in [9.17, 15) is 9.18 Å². The first-order chi connectivity index (χ1) is 9.64. The summed E-state index contributed by atoms with van der Waals surface area (Å²) < 4.78 is 18.3. The fourth-order valence-corrected chi connectivity index (χ4v) is 1.76. The molecule has 0 aliphatic carbocycles. The highest BCUT2D eigenvalue weighted by atomic mass is 35.5. The van der Waals surface area contributed by atoms with Gasteiger partial charge in [0.15, 0.2) is 12.2 Å². The van der Waals surface area contributed by atoms with Crippen LogP contribution in [0, 0.1) is 17.1 Å². The summed E-state index contributed by atoms with van der Waals surface area (Å²) in [5.74, 6) is -0.422. The van der Waals surface area contributed by atoms with Gasteiger partial charge in [0, 0.05) is 5.56 Å². The Morgan fingerprint density at radius 3 is 3.00 bits per heavy atom. The Morgan fingerprint density at radius 1 is 1.62 bits per heavy atom. The number of ether oxygens (including phenoxy) is 1. The minimum Gasteiger partial charge on any atom is -0.445 e. The number of hydrogen-bond acceptors (Lipinski definition) is 6. The number of carbonyl (C=O) groups excluding carboxylic acids is 1. The van der Waals surface area contributed by atoms with Crippen molar-refractivity contribution in [1.82, 2.24) is 0 Å². The number of nitriles is 1. The second-order valence-corrected chi connectivity index (χ2v) is 4.08. The van der Waals surface area contributed by atoms with E-state index in [-0.39, 0.29) is 30.9 Å². The van der Waals surface area contributed by atoms with Crippen LogP contribution in [0.3, 0.4) is 0 Å². The molecule has 0 amide bonds. The fraction of sp³-hybridized carbons (Fsp3) is 0.231. The van der Waals surface area contributed by atoms with Gasteiger partial charge in [-0.1, -0.05) is 11.2 Å². The Morgan fingerprint density at radius 2 is 2.38 bits per heavy atom. The lowest BCUT2D eigenvalue weighted by molar-refractivity contribution is -0.181. The first-order valence-corrected chi connectivity index (χ1v) is 5.66. The van der Waals surface area contributed by atoms with Crippen LogP contribution in [0.15, 0.2) is 29.6 Å². The summed E-state index contributed by atoms with van der Waals surface area (Å²) in [5.41, 5.74) is 6.43. The second-order valence-electron chi connectivity index (χ2n) is 4.08. The second kappa shape index (κ2) is 6.86. The summed E-state index contributed by atoms with van der Waals surface area (Å²) in [4.78, 5) is 15.3. The van der Waals surface area contributed by atoms with Crippen molar-refractivity contribution in [3.63, 3.8) is 0 Å². The average Bonchev–Trinajstić information content (AvgIpc) is 2.91. The summed E-state index contributed by atoms with van der Waals surface area (Å²) in [6.07, 6.45) is 0.967. The summed E-state index contributed by atoms with van der Waals surface area (Å²) in [5, 5.41) is 12.6. The molecule has 1 aliphatic heterocycles. The minimum absolute atomic E-state index is 0. The monoisotopic (exact) mass is 311 g/mol. The number of hydrogen-bond donors (Lipinski definition) is 1. The topological polar surface area (TPSA) is 97.7 Å². The van der Waals surface area contributed by atoms with Crippen LogP contribution in [0.25, 0.3) is 0 Å². The molecule has 1 unspecified atom stereocenters. The van der Waals surface area contributed by atoms with Crippen molar-refractivity contribution in [3.8, 4) is 6.07 Å². The summed E-state index contributed by atoms with van der Waals surface area (Å²) in [6.45, 7) is -0.0372. The van der Waals surface area contributed by atoms with Gasteiger partial charge < -0.3 is 15.3 Å². The summed E-state index contributed by atoms with van der Waals surface area (Å²) >= 11 is 0. The molecule has 1 atom stereocenters. The van der Waals surface area contributed by atoms with Gasteiger partial charge in [0.2, 0.25) is 0 Å². The first kappa shape index (κ1) is 16.7. The lowest BCUT2D eigenvalue weighted by atomic mass is 10.0. The maximum atomic E-state index is 13.3. The zero-order chi connectivity index (χ0) is 14.6. The quantitative estimate of drug-likeness (QED) is 0.667. The van der Waals surface area contributed by atoms with E-state index in [4.69, 9.17) is 20.6 Å². The largest absolute Gasteiger partial charge is 0.445 e. The molecule has 0 bridgehead atoms. The van der Waals surface area contributed by atoms with E-state index >= 15 is 0 Å². The van der Waals surface area contributed by atoms with Crippen molar-refractivity contribution in [2.24, 2.45) is 10.9 Å². The van der Waals surface area contributed by atoms with Crippen LogP contribution in [0.2, 0.25) is 0 Å². The number of oxime groups is 1. The molecule has 2 N–H and O–H groups in total. The summed E-state index contributed by atoms with van der Waals surface area (Å²) in [7, 11) is 0. The van der Waals surface area contributed by atoms with Crippen molar-refractivity contribution < 1.29 is 18.8 Å². The molecule has 1 aromatic carbocycles. The van der Waals surface area contributed by atoms with Gasteiger partial charge in [0.1, 0.15) is 11.9 Å². The third-order valence-corrected chi connectivity index (χ3v) is 2.81.